The van der Waals surface area contributed by atoms with Gasteiger partial charge in [-0.05, 0) is 6.42 Å². The van der Waals surface area contributed by atoms with Crippen molar-refractivity contribution in [3.05, 3.63) is 0 Å². The monoisotopic (exact) mass is 244 g/mol. The minimum Gasteiger partial charge on any atom is -0.306 e. The van der Waals surface area contributed by atoms with Crippen LogP contribution in [0.4, 0.5) is 4.39 Å². The summed E-state index contributed by atoms with van der Waals surface area (Å²) in [5.74, 6) is 0.315. The van der Waals surface area contributed by atoms with E-state index in [2.05, 4.69) is 5.09 Å². The summed E-state index contributed by atoms with van der Waals surface area (Å²) in [5, 5.41) is 2.80. The molecule has 1 saturated heterocycles. The molecule has 1 aliphatic rings. The summed E-state index contributed by atoms with van der Waals surface area (Å²) >= 11 is 5.54. The molecule has 1 unspecified atom stereocenters. The standard InChI is InChI=1S/C7H15ClFN2O2P/c8-2-5-11(6-3-9)14(12)10-4-1-7-13-14/h1-7H2,(H,10,12). The quantitative estimate of drug-likeness (QED) is 0.589. The minimum absolute atomic E-state index is 0.0942. The van der Waals surface area contributed by atoms with Crippen molar-refractivity contribution in [3.63, 3.8) is 0 Å². The highest BCUT2D eigenvalue weighted by molar-refractivity contribution is 7.54. The van der Waals surface area contributed by atoms with Gasteiger partial charge in [0.05, 0.1) is 6.61 Å². The minimum atomic E-state index is -3.00. The molecule has 14 heavy (non-hydrogen) atoms. The Morgan fingerprint density at radius 1 is 1.57 bits per heavy atom. The topological polar surface area (TPSA) is 41.6 Å². The first kappa shape index (κ1) is 12.4. The Kier molecular flexibility index (Phi) is 5.34. The van der Waals surface area contributed by atoms with Gasteiger partial charge >= 0.3 is 7.67 Å². The van der Waals surface area contributed by atoms with E-state index in [4.69, 9.17) is 16.1 Å². The Morgan fingerprint density at radius 3 is 2.86 bits per heavy atom. The van der Waals surface area contributed by atoms with Crippen molar-refractivity contribution in [2.24, 2.45) is 0 Å². The van der Waals surface area contributed by atoms with Crippen LogP contribution in [-0.2, 0) is 9.09 Å². The maximum Gasteiger partial charge on any atom is 0.343 e. The van der Waals surface area contributed by atoms with E-state index in [1.165, 1.54) is 4.67 Å². The second-order valence-electron chi connectivity index (χ2n) is 2.95. The average Bonchev–Trinajstić information content (AvgIpc) is 2.19. The molecule has 1 fully saturated rings. The summed E-state index contributed by atoms with van der Waals surface area (Å²) in [5.41, 5.74) is 0. The Bertz CT molecular complexity index is 204. The van der Waals surface area contributed by atoms with Crippen molar-refractivity contribution < 1.29 is 13.5 Å². The highest BCUT2D eigenvalue weighted by atomic mass is 35.5. The molecule has 84 valence electrons. The fourth-order valence-electron chi connectivity index (χ4n) is 1.28. The largest absolute Gasteiger partial charge is 0.343 e. The average molecular weight is 245 g/mol. The Labute approximate surface area is 88.3 Å². The molecule has 1 heterocycles. The van der Waals surface area contributed by atoms with Gasteiger partial charge in [0.15, 0.2) is 0 Å². The molecule has 1 N–H and O–H groups in total. The molecule has 7 heteroatoms. The second kappa shape index (κ2) is 6.03. The summed E-state index contributed by atoms with van der Waals surface area (Å²) in [4.78, 5) is 0. The number of nitrogens with zero attached hydrogens (tertiary/aromatic N) is 1. The molecule has 4 nitrogen and oxygen atoms in total. The van der Waals surface area contributed by atoms with Gasteiger partial charge < -0.3 is 4.52 Å². The molecule has 0 aromatic carbocycles. The van der Waals surface area contributed by atoms with Crippen LogP contribution in [-0.4, -0.2) is 43.5 Å². The maximum absolute atomic E-state index is 12.2. The first-order valence-corrected chi connectivity index (χ1v) is 6.71. The van der Waals surface area contributed by atoms with Crippen LogP contribution in [0, 0.1) is 0 Å². The first-order chi connectivity index (χ1) is 6.73. The number of rotatable bonds is 5. The van der Waals surface area contributed by atoms with Crippen molar-refractivity contribution in [1.82, 2.24) is 9.76 Å². The summed E-state index contributed by atoms with van der Waals surface area (Å²) in [7, 11) is -3.00. The molecule has 1 aliphatic heterocycles. The lowest BCUT2D eigenvalue weighted by Crippen LogP contribution is -2.36. The third kappa shape index (κ3) is 3.17. The summed E-state index contributed by atoms with van der Waals surface area (Å²) < 4.78 is 30.9. The highest BCUT2D eigenvalue weighted by Crippen LogP contribution is 2.47. The van der Waals surface area contributed by atoms with E-state index in [0.29, 0.717) is 25.6 Å². The van der Waals surface area contributed by atoms with Crippen LogP contribution in [0.5, 0.6) is 0 Å². The normalized spacial score (nSPS) is 28.2. The van der Waals surface area contributed by atoms with Crippen LogP contribution in [0.1, 0.15) is 6.42 Å². The number of halogens is 2. The second-order valence-corrected chi connectivity index (χ2v) is 5.51. The van der Waals surface area contributed by atoms with E-state index < -0.39 is 14.3 Å². The van der Waals surface area contributed by atoms with Gasteiger partial charge in [0.1, 0.15) is 6.67 Å². The van der Waals surface area contributed by atoms with E-state index in [0.717, 1.165) is 6.42 Å². The van der Waals surface area contributed by atoms with Crippen molar-refractivity contribution in [3.8, 4) is 0 Å². The van der Waals surface area contributed by atoms with Gasteiger partial charge in [0.25, 0.3) is 0 Å². The molecule has 0 bridgehead atoms. The number of hydrogen-bond acceptors (Lipinski definition) is 2. The van der Waals surface area contributed by atoms with Crippen LogP contribution in [0.3, 0.4) is 0 Å². The van der Waals surface area contributed by atoms with Gasteiger partial charge in [-0.15, -0.1) is 11.6 Å². The number of alkyl halides is 2. The van der Waals surface area contributed by atoms with E-state index in [9.17, 15) is 8.96 Å². The Hall–Kier alpha value is 0.330. The third-order valence-electron chi connectivity index (χ3n) is 1.96. The van der Waals surface area contributed by atoms with Crippen LogP contribution in [0.25, 0.3) is 0 Å². The van der Waals surface area contributed by atoms with Gasteiger partial charge in [-0.3, -0.25) is 4.57 Å². The predicted molar refractivity (Wildman–Crippen MR) is 54.4 cm³/mol. The van der Waals surface area contributed by atoms with Crippen molar-refractivity contribution in [2.75, 3.05) is 38.8 Å². The van der Waals surface area contributed by atoms with Crippen molar-refractivity contribution in [1.29, 1.82) is 0 Å². The predicted octanol–water partition coefficient (Wildman–Crippen LogP) is 1.61. The molecule has 0 aromatic rings. The van der Waals surface area contributed by atoms with Crippen LogP contribution < -0.4 is 5.09 Å². The Morgan fingerprint density at radius 2 is 2.36 bits per heavy atom. The van der Waals surface area contributed by atoms with Crippen LogP contribution in [0.2, 0.25) is 0 Å². The van der Waals surface area contributed by atoms with Gasteiger partial charge in [0, 0.05) is 25.5 Å². The molecule has 0 aliphatic carbocycles. The smallest absolute Gasteiger partial charge is 0.306 e. The zero-order chi connectivity index (χ0) is 10.4. The zero-order valence-corrected chi connectivity index (χ0v) is 9.57. The molecule has 0 aromatic heterocycles. The SMILES string of the molecule is O=P1(N(CCF)CCCl)NCCCO1. The molecule has 0 saturated carbocycles. The van der Waals surface area contributed by atoms with E-state index in [1.807, 2.05) is 0 Å². The van der Waals surface area contributed by atoms with Gasteiger partial charge in [-0.25, -0.2) is 14.1 Å². The summed E-state index contributed by atoms with van der Waals surface area (Å²) in [6.07, 6.45) is 0.828. The molecular weight excluding hydrogens is 230 g/mol. The fraction of sp³-hybridized carbons (Fsp3) is 1.00. The van der Waals surface area contributed by atoms with E-state index in [1.54, 1.807) is 0 Å². The molecule has 0 spiro atoms. The lowest BCUT2D eigenvalue weighted by atomic mass is 10.5. The number of hydrogen-bond donors (Lipinski definition) is 1. The summed E-state index contributed by atoms with van der Waals surface area (Å²) in [6.45, 7) is 1.01. The molecule has 1 rings (SSSR count). The first-order valence-electron chi connectivity index (χ1n) is 4.60. The third-order valence-corrected chi connectivity index (χ3v) is 4.43. The fourth-order valence-corrected chi connectivity index (χ4v) is 3.57. The number of nitrogens with one attached hydrogen (secondary N) is 1. The zero-order valence-electron chi connectivity index (χ0n) is 7.92. The van der Waals surface area contributed by atoms with Crippen molar-refractivity contribution in [2.45, 2.75) is 6.42 Å². The molecule has 0 amide bonds. The lowest BCUT2D eigenvalue weighted by Gasteiger charge is -2.32. The van der Waals surface area contributed by atoms with E-state index >= 15 is 0 Å². The molecule has 1 atom stereocenters. The lowest BCUT2D eigenvalue weighted by molar-refractivity contribution is 0.224. The van der Waals surface area contributed by atoms with Gasteiger partial charge in [-0.1, -0.05) is 0 Å². The maximum atomic E-state index is 12.2. The van der Waals surface area contributed by atoms with Gasteiger partial charge in [0.2, 0.25) is 0 Å². The molecule has 0 radical (unpaired) electrons. The Balaban J connectivity index is 2.58. The van der Waals surface area contributed by atoms with Gasteiger partial charge in [-0.2, -0.15) is 0 Å². The van der Waals surface area contributed by atoms with Crippen LogP contribution >= 0.6 is 19.3 Å². The van der Waals surface area contributed by atoms with Crippen LogP contribution in [0.15, 0.2) is 0 Å². The van der Waals surface area contributed by atoms with Crippen molar-refractivity contribution >= 4 is 19.3 Å². The highest BCUT2D eigenvalue weighted by Gasteiger charge is 2.32. The van der Waals surface area contributed by atoms with E-state index in [-0.39, 0.29) is 6.54 Å². The summed E-state index contributed by atoms with van der Waals surface area (Å²) in [6, 6.07) is 0. The molecular formula is C7H15ClFN2O2P.